The molecule has 8 heteroatoms. The van der Waals surface area contributed by atoms with Gasteiger partial charge in [0.1, 0.15) is 11.6 Å². The van der Waals surface area contributed by atoms with E-state index in [0.717, 1.165) is 36.4 Å². The zero-order valence-corrected chi connectivity index (χ0v) is 21.0. The predicted octanol–water partition coefficient (Wildman–Crippen LogP) is 5.35. The third-order valence-electron chi connectivity index (χ3n) is 5.47. The van der Waals surface area contributed by atoms with E-state index in [4.69, 9.17) is 5.10 Å². The van der Waals surface area contributed by atoms with E-state index in [1.54, 1.807) is 23.3 Å². The van der Waals surface area contributed by atoms with Gasteiger partial charge in [0.15, 0.2) is 0 Å². The standard InChI is InChI=1S/C28H28N6OS/c1-2-17-36-26-11-9-22(10-12-26)27-24(20-34(32-27)25-7-4-3-5-8-25)18-23(19-29)28(35)31-13-6-15-33-16-14-30-21-33/h3-5,7-12,14,16,18,20-21H,2,6,13,15,17H2,1H3,(H,31,35)/b23-18-. The van der Waals surface area contributed by atoms with Crippen molar-refractivity contribution in [3.63, 3.8) is 0 Å². The number of carbonyl (C=O) groups is 1. The van der Waals surface area contributed by atoms with Crippen molar-refractivity contribution in [2.45, 2.75) is 31.2 Å². The van der Waals surface area contributed by atoms with Crippen LogP contribution in [0.1, 0.15) is 25.3 Å². The number of hydrogen-bond acceptors (Lipinski definition) is 5. The van der Waals surface area contributed by atoms with Crippen molar-refractivity contribution >= 4 is 23.7 Å². The zero-order chi connectivity index (χ0) is 25.2. The molecule has 0 aliphatic rings. The zero-order valence-electron chi connectivity index (χ0n) is 20.2. The summed E-state index contributed by atoms with van der Waals surface area (Å²) in [4.78, 5) is 18.0. The quantitative estimate of drug-likeness (QED) is 0.131. The van der Waals surface area contributed by atoms with Crippen LogP contribution in [-0.4, -0.2) is 37.5 Å². The monoisotopic (exact) mass is 496 g/mol. The van der Waals surface area contributed by atoms with Gasteiger partial charge < -0.3 is 9.88 Å². The Morgan fingerprint density at radius 2 is 1.97 bits per heavy atom. The molecule has 0 unspecified atom stereocenters. The molecule has 0 atom stereocenters. The molecule has 0 radical (unpaired) electrons. The van der Waals surface area contributed by atoms with Crippen LogP contribution in [0.3, 0.4) is 0 Å². The van der Waals surface area contributed by atoms with Crippen molar-refractivity contribution in [3.8, 4) is 23.0 Å². The van der Waals surface area contributed by atoms with Crippen LogP contribution in [0.4, 0.5) is 0 Å². The summed E-state index contributed by atoms with van der Waals surface area (Å²) in [5.41, 5.74) is 3.29. The summed E-state index contributed by atoms with van der Waals surface area (Å²) in [6.45, 7) is 3.37. The molecule has 0 saturated heterocycles. The maximum Gasteiger partial charge on any atom is 0.261 e. The second-order valence-electron chi connectivity index (χ2n) is 8.17. The highest BCUT2D eigenvalue weighted by molar-refractivity contribution is 7.99. The Balaban J connectivity index is 1.57. The van der Waals surface area contributed by atoms with E-state index < -0.39 is 5.91 Å². The lowest BCUT2D eigenvalue weighted by Gasteiger charge is -2.05. The Morgan fingerprint density at radius 1 is 1.17 bits per heavy atom. The number of carbonyl (C=O) groups excluding carboxylic acids is 1. The Hall–Kier alpha value is -4.09. The number of benzene rings is 2. The lowest BCUT2D eigenvalue weighted by molar-refractivity contribution is -0.117. The van der Waals surface area contributed by atoms with E-state index in [1.165, 1.54) is 4.90 Å². The molecule has 0 saturated carbocycles. The van der Waals surface area contributed by atoms with E-state index >= 15 is 0 Å². The highest BCUT2D eigenvalue weighted by atomic mass is 32.2. The van der Waals surface area contributed by atoms with Crippen LogP contribution < -0.4 is 5.32 Å². The van der Waals surface area contributed by atoms with E-state index in [-0.39, 0.29) is 5.57 Å². The van der Waals surface area contributed by atoms with Crippen LogP contribution in [0.5, 0.6) is 0 Å². The SMILES string of the molecule is CCCSc1ccc(-c2nn(-c3ccccc3)cc2/C=C(/C#N)C(=O)NCCCn2ccnc2)cc1. The molecule has 1 amide bonds. The van der Waals surface area contributed by atoms with Crippen LogP contribution >= 0.6 is 11.8 Å². The van der Waals surface area contributed by atoms with Crippen LogP contribution in [0.25, 0.3) is 23.0 Å². The maximum absolute atomic E-state index is 12.8. The lowest BCUT2D eigenvalue weighted by Crippen LogP contribution is -2.26. The van der Waals surface area contributed by atoms with Gasteiger partial charge in [-0.3, -0.25) is 4.79 Å². The number of aryl methyl sites for hydroxylation is 1. The Morgan fingerprint density at radius 3 is 2.67 bits per heavy atom. The van der Waals surface area contributed by atoms with Crippen LogP contribution in [0.2, 0.25) is 0 Å². The van der Waals surface area contributed by atoms with Crippen molar-refractivity contribution < 1.29 is 4.79 Å². The van der Waals surface area contributed by atoms with Gasteiger partial charge in [0.25, 0.3) is 5.91 Å². The van der Waals surface area contributed by atoms with Gasteiger partial charge in [0.2, 0.25) is 0 Å². The minimum Gasteiger partial charge on any atom is -0.351 e. The number of para-hydroxylation sites is 1. The predicted molar refractivity (Wildman–Crippen MR) is 143 cm³/mol. The maximum atomic E-state index is 12.8. The summed E-state index contributed by atoms with van der Waals surface area (Å²) in [6.07, 6.45) is 10.7. The number of rotatable bonds is 11. The third kappa shape index (κ3) is 6.52. The summed E-state index contributed by atoms with van der Waals surface area (Å²) in [5, 5.41) is 17.4. The lowest BCUT2D eigenvalue weighted by atomic mass is 10.1. The van der Waals surface area contributed by atoms with Crippen molar-refractivity contribution in [1.82, 2.24) is 24.6 Å². The number of aromatic nitrogens is 4. The van der Waals surface area contributed by atoms with E-state index in [0.29, 0.717) is 17.8 Å². The molecule has 1 N–H and O–H groups in total. The smallest absolute Gasteiger partial charge is 0.261 e. The normalized spacial score (nSPS) is 11.3. The fraction of sp³-hybridized carbons (Fsp3) is 0.214. The number of nitrogens with zero attached hydrogens (tertiary/aromatic N) is 5. The third-order valence-corrected chi connectivity index (χ3v) is 6.68. The van der Waals surface area contributed by atoms with Gasteiger partial charge in [-0.15, -0.1) is 11.8 Å². The molecule has 0 fully saturated rings. The highest BCUT2D eigenvalue weighted by Crippen LogP contribution is 2.28. The van der Waals surface area contributed by atoms with Crippen molar-refractivity contribution in [2.75, 3.05) is 12.3 Å². The summed E-state index contributed by atoms with van der Waals surface area (Å²) >= 11 is 1.82. The molecule has 7 nitrogen and oxygen atoms in total. The number of thioether (sulfide) groups is 1. The molecule has 2 heterocycles. The molecule has 0 aliphatic heterocycles. The number of nitriles is 1. The van der Waals surface area contributed by atoms with Gasteiger partial charge in [-0.25, -0.2) is 9.67 Å². The summed E-state index contributed by atoms with van der Waals surface area (Å²) < 4.78 is 3.72. The molecular weight excluding hydrogens is 468 g/mol. The largest absolute Gasteiger partial charge is 0.351 e. The van der Waals surface area contributed by atoms with Crippen molar-refractivity contribution in [1.29, 1.82) is 5.26 Å². The molecular formula is C28H28N6OS. The molecule has 4 rings (SSSR count). The fourth-order valence-corrected chi connectivity index (χ4v) is 4.41. The molecule has 182 valence electrons. The second kappa shape index (κ2) is 12.6. The average molecular weight is 497 g/mol. The molecule has 36 heavy (non-hydrogen) atoms. The van der Waals surface area contributed by atoms with Gasteiger partial charge in [0, 0.05) is 47.7 Å². The molecule has 0 spiro atoms. The fourth-order valence-electron chi connectivity index (χ4n) is 3.64. The van der Waals surface area contributed by atoms with Gasteiger partial charge in [-0.2, -0.15) is 10.4 Å². The molecule has 4 aromatic rings. The van der Waals surface area contributed by atoms with E-state index in [1.807, 2.05) is 71.2 Å². The molecule has 0 aliphatic carbocycles. The van der Waals surface area contributed by atoms with Gasteiger partial charge in [-0.05, 0) is 48.9 Å². The number of hydrogen-bond donors (Lipinski definition) is 1. The number of imidazole rings is 1. The minimum atomic E-state index is -0.396. The highest BCUT2D eigenvalue weighted by Gasteiger charge is 2.15. The van der Waals surface area contributed by atoms with E-state index in [9.17, 15) is 10.1 Å². The topological polar surface area (TPSA) is 88.5 Å². The van der Waals surface area contributed by atoms with Crippen LogP contribution in [-0.2, 0) is 11.3 Å². The van der Waals surface area contributed by atoms with Crippen LogP contribution in [0.15, 0.2) is 90.0 Å². The Kier molecular flexibility index (Phi) is 8.73. The first-order valence-corrected chi connectivity index (χ1v) is 12.9. The minimum absolute atomic E-state index is 0.0432. The van der Waals surface area contributed by atoms with E-state index in [2.05, 4.69) is 35.4 Å². The molecule has 2 aromatic heterocycles. The van der Waals surface area contributed by atoms with Crippen molar-refractivity contribution in [2.24, 2.45) is 0 Å². The average Bonchev–Trinajstić information content (AvgIpc) is 3.59. The first kappa shape index (κ1) is 25.0. The number of nitrogens with one attached hydrogen (secondary N) is 1. The first-order chi connectivity index (χ1) is 17.7. The molecule has 0 bridgehead atoms. The second-order valence-corrected chi connectivity index (χ2v) is 9.33. The summed E-state index contributed by atoms with van der Waals surface area (Å²) in [5.74, 6) is 0.673. The Labute approximate surface area is 215 Å². The van der Waals surface area contributed by atoms with Gasteiger partial charge in [0.05, 0.1) is 17.7 Å². The van der Waals surface area contributed by atoms with Crippen LogP contribution in [0, 0.1) is 11.3 Å². The molecule has 2 aromatic carbocycles. The number of amides is 1. The summed E-state index contributed by atoms with van der Waals surface area (Å²) in [6, 6.07) is 20.1. The first-order valence-electron chi connectivity index (χ1n) is 11.9. The van der Waals surface area contributed by atoms with Gasteiger partial charge >= 0.3 is 0 Å². The van der Waals surface area contributed by atoms with Crippen molar-refractivity contribution in [3.05, 3.63) is 90.7 Å². The Bertz CT molecular complexity index is 1340. The summed E-state index contributed by atoms with van der Waals surface area (Å²) in [7, 11) is 0. The van der Waals surface area contributed by atoms with Gasteiger partial charge in [-0.1, -0.05) is 37.3 Å².